The lowest BCUT2D eigenvalue weighted by molar-refractivity contribution is -0.0486. The average molecular weight is 455 g/mol. The van der Waals surface area contributed by atoms with E-state index in [0.29, 0.717) is 48.7 Å². The molecular formula is C22H26FN7O3. The number of pyridine rings is 1. The van der Waals surface area contributed by atoms with Gasteiger partial charge in [0.1, 0.15) is 29.1 Å². The van der Waals surface area contributed by atoms with Crippen LogP contribution in [0.25, 0.3) is 5.65 Å². The Hall–Kier alpha value is -3.47. The molecule has 10 nitrogen and oxygen atoms in total. The average Bonchev–Trinajstić information content (AvgIpc) is 3.19. The third-order valence-corrected chi connectivity index (χ3v) is 6.65. The summed E-state index contributed by atoms with van der Waals surface area (Å²) in [5, 5.41) is 23.4. The quantitative estimate of drug-likeness (QED) is 0.448. The van der Waals surface area contributed by atoms with Gasteiger partial charge in [0.2, 0.25) is 0 Å². The topological polar surface area (TPSA) is 126 Å². The first-order valence-electron chi connectivity index (χ1n) is 11.0. The Kier molecular flexibility index (Phi) is 5.08. The number of fused-ring (bicyclic) bond motifs is 1. The van der Waals surface area contributed by atoms with Crippen molar-refractivity contribution in [1.82, 2.24) is 24.5 Å². The number of aliphatic hydroxyl groups is 1. The van der Waals surface area contributed by atoms with Gasteiger partial charge in [0.25, 0.3) is 11.5 Å². The molecule has 33 heavy (non-hydrogen) atoms. The molecule has 3 aromatic rings. The van der Waals surface area contributed by atoms with E-state index in [4.69, 9.17) is 0 Å². The molecule has 4 N–H and O–H groups in total. The van der Waals surface area contributed by atoms with Crippen LogP contribution >= 0.6 is 0 Å². The highest BCUT2D eigenvalue weighted by Gasteiger charge is 2.42. The Morgan fingerprint density at radius 2 is 2.15 bits per heavy atom. The van der Waals surface area contributed by atoms with Gasteiger partial charge >= 0.3 is 0 Å². The number of aromatic nitrogens is 4. The molecule has 2 fully saturated rings. The number of hydrogen-bond donors (Lipinski definition) is 4. The molecule has 1 unspecified atom stereocenters. The molecule has 1 amide bonds. The maximum absolute atomic E-state index is 13.3. The minimum absolute atomic E-state index is 0.147. The first-order valence-corrected chi connectivity index (χ1v) is 11.0. The molecule has 2 aliphatic rings. The fourth-order valence-corrected chi connectivity index (χ4v) is 4.31. The first kappa shape index (κ1) is 21.4. The van der Waals surface area contributed by atoms with Crippen molar-refractivity contribution in [3.63, 3.8) is 0 Å². The van der Waals surface area contributed by atoms with Gasteiger partial charge in [0.05, 0.1) is 17.8 Å². The molecule has 0 radical (unpaired) electrons. The Labute approximate surface area is 188 Å². The first-order chi connectivity index (χ1) is 15.8. The summed E-state index contributed by atoms with van der Waals surface area (Å²) in [6.07, 6.45) is 4.22. The number of hydrogen-bond acceptors (Lipinski definition) is 7. The van der Waals surface area contributed by atoms with Gasteiger partial charge in [0, 0.05) is 25.4 Å². The minimum Gasteiger partial charge on any atom is -0.388 e. The highest BCUT2D eigenvalue weighted by Crippen LogP contribution is 2.34. The second kappa shape index (κ2) is 7.84. The second-order valence-electron chi connectivity index (χ2n) is 8.97. The van der Waals surface area contributed by atoms with Crippen molar-refractivity contribution in [2.75, 3.05) is 17.7 Å². The number of carbonyl (C=O) groups is 1. The van der Waals surface area contributed by atoms with Crippen molar-refractivity contribution in [3.05, 3.63) is 46.5 Å². The van der Waals surface area contributed by atoms with Gasteiger partial charge in [-0.1, -0.05) is 0 Å². The van der Waals surface area contributed by atoms with Gasteiger partial charge in [-0.2, -0.15) is 9.61 Å². The summed E-state index contributed by atoms with van der Waals surface area (Å²) in [5.74, 6) is 0.533. The van der Waals surface area contributed by atoms with Crippen LogP contribution < -0.4 is 21.5 Å². The van der Waals surface area contributed by atoms with E-state index < -0.39 is 11.8 Å². The van der Waals surface area contributed by atoms with E-state index in [1.807, 2.05) is 0 Å². The highest BCUT2D eigenvalue weighted by atomic mass is 19.1. The zero-order chi connectivity index (χ0) is 23.3. The summed E-state index contributed by atoms with van der Waals surface area (Å²) in [5.41, 5.74) is -0.330. The number of anilines is 3. The monoisotopic (exact) mass is 455 g/mol. The van der Waals surface area contributed by atoms with E-state index in [1.54, 1.807) is 38.4 Å². The van der Waals surface area contributed by atoms with E-state index in [0.717, 1.165) is 0 Å². The van der Waals surface area contributed by atoms with Crippen molar-refractivity contribution in [3.8, 4) is 0 Å². The smallest absolute Gasteiger partial charge is 0.274 e. The number of halogens is 1. The van der Waals surface area contributed by atoms with Crippen LogP contribution in [0.1, 0.15) is 49.0 Å². The number of nitrogens with zero attached hydrogens (tertiary/aromatic N) is 4. The van der Waals surface area contributed by atoms with Crippen LogP contribution in [0.4, 0.5) is 21.7 Å². The van der Waals surface area contributed by atoms with Crippen LogP contribution in [-0.2, 0) is 0 Å². The Morgan fingerprint density at radius 1 is 1.36 bits per heavy atom. The van der Waals surface area contributed by atoms with Gasteiger partial charge in [-0.05, 0) is 44.7 Å². The van der Waals surface area contributed by atoms with Crippen molar-refractivity contribution in [1.29, 1.82) is 0 Å². The predicted molar refractivity (Wildman–Crippen MR) is 121 cm³/mol. The zero-order valence-corrected chi connectivity index (χ0v) is 18.4. The third-order valence-electron chi connectivity index (χ3n) is 6.65. The number of rotatable bonds is 6. The van der Waals surface area contributed by atoms with Crippen LogP contribution in [0.5, 0.6) is 0 Å². The van der Waals surface area contributed by atoms with E-state index in [2.05, 4.69) is 26.0 Å². The Balaban J connectivity index is 1.46. The van der Waals surface area contributed by atoms with Crippen LogP contribution in [-0.4, -0.2) is 55.0 Å². The molecule has 11 heteroatoms. The maximum atomic E-state index is 13.3. The predicted octanol–water partition coefficient (Wildman–Crippen LogP) is 1.99. The van der Waals surface area contributed by atoms with Crippen LogP contribution in [0, 0.1) is 0 Å². The number of alkyl halides is 1. The molecule has 0 aromatic carbocycles. The third kappa shape index (κ3) is 3.71. The summed E-state index contributed by atoms with van der Waals surface area (Å²) >= 11 is 0. The number of carbonyl (C=O) groups excluding carboxylic acids is 1. The molecule has 2 saturated carbocycles. The fraction of sp³-hybridized carbons (Fsp3) is 0.455. The molecule has 5 rings (SSSR count). The van der Waals surface area contributed by atoms with E-state index in [9.17, 15) is 19.1 Å². The van der Waals surface area contributed by atoms with Crippen LogP contribution in [0.3, 0.4) is 0 Å². The van der Waals surface area contributed by atoms with E-state index in [1.165, 1.54) is 15.3 Å². The summed E-state index contributed by atoms with van der Waals surface area (Å²) in [6, 6.07) is 4.57. The largest absolute Gasteiger partial charge is 0.388 e. The molecule has 0 aliphatic heterocycles. The van der Waals surface area contributed by atoms with Gasteiger partial charge in [0.15, 0.2) is 5.65 Å². The summed E-state index contributed by atoms with van der Waals surface area (Å²) in [7, 11) is 1.71. The zero-order valence-electron chi connectivity index (χ0n) is 18.4. The minimum atomic E-state index is -0.926. The standard InChI is InChI=1S/C22H26FN7O3/c1-22(33)6-5-16(22)27-20(31)14-11-25-30-18(24-2)10-17(28-19(14)30)26-15-4-3-7-29(21(15)32)13-8-12(23)9-13/h3-4,7,10-13,16,24,33H,5-6,8-9H2,1-2H3,(H,26,28)(H,27,31)/t12-,13-,16?,22-/m1/s1. The number of nitrogens with one attached hydrogen (secondary N) is 3. The lowest BCUT2D eigenvalue weighted by atomic mass is 9.76. The molecule has 0 saturated heterocycles. The Bertz CT molecular complexity index is 1280. The molecule has 2 aliphatic carbocycles. The fourth-order valence-electron chi connectivity index (χ4n) is 4.31. The van der Waals surface area contributed by atoms with Crippen molar-refractivity contribution in [2.45, 2.75) is 56.5 Å². The number of amides is 1. The summed E-state index contributed by atoms with van der Waals surface area (Å²) in [4.78, 5) is 30.3. The molecule has 0 spiro atoms. The Morgan fingerprint density at radius 3 is 2.79 bits per heavy atom. The van der Waals surface area contributed by atoms with Crippen LogP contribution in [0.2, 0.25) is 0 Å². The molecule has 3 heterocycles. The summed E-state index contributed by atoms with van der Waals surface area (Å²) in [6.45, 7) is 1.70. The van der Waals surface area contributed by atoms with E-state index >= 15 is 0 Å². The van der Waals surface area contributed by atoms with Crippen molar-refractivity contribution in [2.24, 2.45) is 0 Å². The lowest BCUT2D eigenvalue weighted by Crippen LogP contribution is -2.58. The molecule has 174 valence electrons. The van der Waals surface area contributed by atoms with Crippen LogP contribution in [0.15, 0.2) is 35.4 Å². The van der Waals surface area contributed by atoms with Gasteiger partial charge in [-0.3, -0.25) is 9.59 Å². The normalized spacial score (nSPS) is 26.4. The van der Waals surface area contributed by atoms with Gasteiger partial charge in [-0.25, -0.2) is 9.37 Å². The second-order valence-corrected chi connectivity index (χ2v) is 8.97. The van der Waals surface area contributed by atoms with Gasteiger partial charge < -0.3 is 25.6 Å². The molecular weight excluding hydrogens is 429 g/mol. The maximum Gasteiger partial charge on any atom is 0.274 e. The summed E-state index contributed by atoms with van der Waals surface area (Å²) < 4.78 is 16.3. The molecule has 0 bridgehead atoms. The lowest BCUT2D eigenvalue weighted by Gasteiger charge is -2.42. The SMILES string of the molecule is CNc1cc(Nc2cccn([C@H]3C[C@H](F)C3)c2=O)nc2c(C(=O)NC3CC[C@@]3(C)O)cnn12. The van der Waals surface area contributed by atoms with Crippen molar-refractivity contribution >= 4 is 28.9 Å². The highest BCUT2D eigenvalue weighted by molar-refractivity contribution is 6.00. The molecule has 2 atom stereocenters. The van der Waals surface area contributed by atoms with E-state index in [-0.39, 0.29) is 29.1 Å². The molecule has 3 aromatic heterocycles. The van der Waals surface area contributed by atoms with Gasteiger partial charge in [-0.15, -0.1) is 0 Å². The van der Waals surface area contributed by atoms with Crippen molar-refractivity contribution < 1.29 is 14.3 Å².